The van der Waals surface area contributed by atoms with Crippen molar-refractivity contribution in [2.24, 2.45) is 17.6 Å². The monoisotopic (exact) mass is 410 g/mol. The number of carbonyl (C=O) groups is 1. The minimum absolute atomic E-state index is 0.0330. The van der Waals surface area contributed by atoms with Crippen molar-refractivity contribution in [1.82, 2.24) is 10.1 Å². The number of ketones is 1. The average Bonchev–Trinajstić information content (AvgIpc) is 2.44. The Morgan fingerprint density at radius 3 is 2.86 bits per heavy atom. The number of piperidine rings is 1. The molecule has 0 spiro atoms. The molecule has 2 fully saturated rings. The van der Waals surface area contributed by atoms with E-state index in [1.54, 1.807) is 0 Å². The maximum absolute atomic E-state index is 12.5. The zero-order valence-corrected chi connectivity index (χ0v) is 14.6. The van der Waals surface area contributed by atoms with Gasteiger partial charge in [-0.1, -0.05) is 29.5 Å². The summed E-state index contributed by atoms with van der Waals surface area (Å²) in [5.41, 5.74) is 6.17. The number of carbonyl (C=O) groups excluding carboxylic acids is 1. The van der Waals surface area contributed by atoms with Crippen molar-refractivity contribution in [1.29, 1.82) is 0 Å². The lowest BCUT2D eigenvalue weighted by Crippen LogP contribution is -2.53. The summed E-state index contributed by atoms with van der Waals surface area (Å²) >= 11 is 2.19. The maximum atomic E-state index is 12.5. The third kappa shape index (κ3) is 4.35. The highest BCUT2D eigenvalue weighted by atomic mass is 127. The van der Waals surface area contributed by atoms with Crippen LogP contribution in [0.3, 0.4) is 0 Å². The molecule has 5 atom stereocenters. The van der Waals surface area contributed by atoms with E-state index in [1.807, 2.05) is 0 Å². The molecule has 1 saturated heterocycles. The first kappa shape index (κ1) is 17.6. The van der Waals surface area contributed by atoms with Crippen LogP contribution in [0.15, 0.2) is 0 Å². The molecule has 0 amide bonds. The van der Waals surface area contributed by atoms with Crippen LogP contribution in [0.25, 0.3) is 0 Å². The Kier molecular flexibility index (Phi) is 6.39. The van der Waals surface area contributed by atoms with E-state index in [0.717, 1.165) is 32.2 Å². The first-order valence-corrected chi connectivity index (χ1v) is 8.96. The quantitative estimate of drug-likeness (QED) is 0.417. The van der Waals surface area contributed by atoms with Crippen LogP contribution >= 0.6 is 22.6 Å². The molecule has 5 unspecified atom stereocenters. The van der Waals surface area contributed by atoms with Crippen LogP contribution in [0.2, 0.25) is 0 Å². The molecule has 2 rings (SSSR count). The number of hydrogen-bond acceptors (Lipinski definition) is 6. The van der Waals surface area contributed by atoms with E-state index in [0.29, 0.717) is 18.9 Å². The number of hydrogen-bond donors (Lipinski definition) is 2. The molecular weight excluding hydrogens is 385 g/mol. The zero-order valence-electron chi connectivity index (χ0n) is 12.4. The molecule has 0 bridgehead atoms. The molecule has 7 heteroatoms. The van der Waals surface area contributed by atoms with Crippen molar-refractivity contribution in [2.45, 2.75) is 55.2 Å². The van der Waals surface area contributed by atoms with Gasteiger partial charge in [0, 0.05) is 22.4 Å². The zero-order chi connectivity index (χ0) is 15.6. The third-order valence-corrected chi connectivity index (χ3v) is 6.39. The molecule has 3 N–H and O–H groups in total. The summed E-state index contributed by atoms with van der Waals surface area (Å²) in [6.07, 6.45) is 4.19. The molecule has 21 heavy (non-hydrogen) atoms. The Balaban J connectivity index is 1.91. The van der Waals surface area contributed by atoms with Gasteiger partial charge in [-0.15, -0.1) is 0 Å². The Bertz CT molecular complexity index is 369. The van der Waals surface area contributed by atoms with Gasteiger partial charge in [-0.25, -0.2) is 0 Å². The van der Waals surface area contributed by atoms with Crippen molar-refractivity contribution in [3.8, 4) is 0 Å². The van der Waals surface area contributed by atoms with Crippen LogP contribution in [-0.2, 0) is 4.79 Å². The number of halogens is 1. The summed E-state index contributed by atoms with van der Waals surface area (Å²) in [5, 5.41) is 20.4. The van der Waals surface area contributed by atoms with E-state index >= 15 is 0 Å². The van der Waals surface area contributed by atoms with Crippen LogP contribution in [-0.4, -0.2) is 50.3 Å². The number of hydroxylamine groups is 2. The van der Waals surface area contributed by atoms with E-state index < -0.39 is 6.04 Å². The maximum Gasteiger partial charge on any atom is 0.150 e. The SMILES string of the molecule is CC1CCCN(CC(=O)C2CCC(I)C(N([O-])O)C2)C1N. The van der Waals surface area contributed by atoms with Gasteiger partial charge >= 0.3 is 0 Å². The lowest BCUT2D eigenvalue weighted by atomic mass is 9.82. The standard InChI is InChI=1S/C14H25IN3O3/c1-9-3-2-6-17(14(9)16)8-13(19)10-4-5-11(15)12(7-10)18(20)21/h9-12,14,20H,2-8,16H2,1H3/q-1. The Labute approximate surface area is 139 Å². The van der Waals surface area contributed by atoms with Crippen LogP contribution in [0.1, 0.15) is 39.0 Å². The highest BCUT2D eigenvalue weighted by molar-refractivity contribution is 14.1. The number of nitrogens with two attached hydrogens (primary N) is 1. The van der Waals surface area contributed by atoms with Gasteiger partial charge in [-0.05, 0) is 38.0 Å². The van der Waals surface area contributed by atoms with Gasteiger partial charge in [-0.2, -0.15) is 0 Å². The van der Waals surface area contributed by atoms with Gasteiger partial charge in [0.2, 0.25) is 0 Å². The molecular formula is C14H25IN3O3-. The Morgan fingerprint density at radius 2 is 2.19 bits per heavy atom. The molecule has 0 aromatic carbocycles. The minimum atomic E-state index is -0.470. The highest BCUT2D eigenvalue weighted by Crippen LogP contribution is 2.33. The second kappa shape index (κ2) is 7.65. The summed E-state index contributed by atoms with van der Waals surface area (Å²) in [6.45, 7) is 3.37. The fourth-order valence-corrected chi connectivity index (χ4v) is 4.37. The Morgan fingerprint density at radius 1 is 1.48 bits per heavy atom. The number of likely N-dealkylation sites (tertiary alicyclic amines) is 1. The van der Waals surface area contributed by atoms with E-state index in [9.17, 15) is 15.2 Å². The summed E-state index contributed by atoms with van der Waals surface area (Å²) in [7, 11) is 0. The predicted molar refractivity (Wildman–Crippen MR) is 88.9 cm³/mol. The first-order chi connectivity index (χ1) is 9.90. The highest BCUT2D eigenvalue weighted by Gasteiger charge is 2.35. The first-order valence-electron chi connectivity index (χ1n) is 7.71. The molecule has 6 nitrogen and oxygen atoms in total. The van der Waals surface area contributed by atoms with Crippen molar-refractivity contribution in [3.05, 3.63) is 5.21 Å². The molecule has 2 aliphatic rings. The van der Waals surface area contributed by atoms with Crippen molar-refractivity contribution < 1.29 is 10.0 Å². The molecule has 1 aliphatic heterocycles. The largest absolute Gasteiger partial charge is 0.762 e. The fraction of sp³-hybridized carbons (Fsp3) is 0.929. The summed E-state index contributed by atoms with van der Waals surface area (Å²) in [5.74, 6) is 0.447. The second-order valence-corrected chi connectivity index (χ2v) is 8.04. The summed E-state index contributed by atoms with van der Waals surface area (Å²) in [6, 6.07) is -0.470. The van der Waals surface area contributed by atoms with Gasteiger partial charge in [0.15, 0.2) is 0 Å². The third-order valence-electron chi connectivity index (χ3n) is 4.94. The average molecular weight is 410 g/mol. The van der Waals surface area contributed by atoms with Crippen molar-refractivity contribution >= 4 is 28.4 Å². The number of Topliss-reactive ketones (excluding diaryl/α,β-unsaturated/α-hetero) is 1. The smallest absolute Gasteiger partial charge is 0.150 e. The molecule has 122 valence electrons. The van der Waals surface area contributed by atoms with Gasteiger partial charge < -0.3 is 16.1 Å². The predicted octanol–water partition coefficient (Wildman–Crippen LogP) is 1.73. The summed E-state index contributed by atoms with van der Waals surface area (Å²) < 4.78 is 0.103. The van der Waals surface area contributed by atoms with Crippen LogP contribution in [0.5, 0.6) is 0 Å². The van der Waals surface area contributed by atoms with E-state index in [4.69, 9.17) is 5.73 Å². The van der Waals surface area contributed by atoms with Gasteiger partial charge in [0.05, 0.1) is 12.7 Å². The normalized spacial score (nSPS) is 38.7. The lowest BCUT2D eigenvalue weighted by molar-refractivity contribution is -0.130. The molecule has 0 radical (unpaired) electrons. The van der Waals surface area contributed by atoms with E-state index in [2.05, 4.69) is 34.4 Å². The van der Waals surface area contributed by atoms with Gasteiger partial charge in [0.25, 0.3) is 0 Å². The Hall–Kier alpha value is 0.200. The number of alkyl halides is 1. The molecule has 1 heterocycles. The molecule has 0 aromatic rings. The van der Waals surface area contributed by atoms with Crippen molar-refractivity contribution in [2.75, 3.05) is 13.1 Å². The van der Waals surface area contributed by atoms with Crippen molar-refractivity contribution in [3.63, 3.8) is 0 Å². The molecule has 0 aromatic heterocycles. The van der Waals surface area contributed by atoms with E-state index in [-0.39, 0.29) is 27.0 Å². The second-order valence-electron chi connectivity index (χ2n) is 6.44. The van der Waals surface area contributed by atoms with E-state index in [1.165, 1.54) is 0 Å². The van der Waals surface area contributed by atoms with Crippen LogP contribution < -0.4 is 5.73 Å². The van der Waals surface area contributed by atoms with Crippen LogP contribution in [0.4, 0.5) is 0 Å². The number of nitrogens with zero attached hydrogens (tertiary/aromatic N) is 2. The van der Waals surface area contributed by atoms with Gasteiger partial charge in [0.1, 0.15) is 5.78 Å². The number of rotatable bonds is 4. The minimum Gasteiger partial charge on any atom is -0.762 e. The lowest BCUT2D eigenvalue weighted by Gasteiger charge is -2.41. The topological polar surface area (TPSA) is 92.9 Å². The molecule has 1 aliphatic carbocycles. The summed E-state index contributed by atoms with van der Waals surface area (Å²) in [4.78, 5) is 14.6. The van der Waals surface area contributed by atoms with Crippen LogP contribution in [0, 0.1) is 17.0 Å². The van der Waals surface area contributed by atoms with Gasteiger partial charge in [-0.3, -0.25) is 14.9 Å². The molecule has 1 saturated carbocycles. The fourth-order valence-electron chi connectivity index (χ4n) is 3.44.